The minimum absolute atomic E-state index is 0.0611. The number of nitriles is 7. The van der Waals surface area contributed by atoms with Gasteiger partial charge in [0.15, 0.2) is 0 Å². The molecule has 0 saturated carbocycles. The van der Waals surface area contributed by atoms with E-state index in [4.69, 9.17) is 0 Å². The molecule has 7 nitrogen and oxygen atoms in total. The predicted molar refractivity (Wildman–Crippen MR) is 160 cm³/mol. The van der Waals surface area contributed by atoms with Crippen LogP contribution >= 0.6 is 0 Å². The van der Waals surface area contributed by atoms with Crippen molar-refractivity contribution in [3.05, 3.63) is 115 Å². The average Bonchev–Trinajstić information content (AvgIpc) is 3.64. The second-order valence-electron chi connectivity index (χ2n) is 10.9. The lowest BCUT2D eigenvalue weighted by atomic mass is 9.88. The first-order chi connectivity index (χ1) is 25.3. The highest BCUT2D eigenvalue weighted by molar-refractivity contribution is 6.30. The average molecular weight is 745 g/mol. The molecule has 0 unspecified atom stereocenters. The quantitative estimate of drug-likeness (QED) is 0.186. The largest absolute Gasteiger partial charge is 0.417 e. The summed E-state index contributed by atoms with van der Waals surface area (Å²) in [5.74, 6) is -3.65. The second-order valence-corrected chi connectivity index (χ2v) is 10.9. The molecular formula is C36H6F11N7. The highest BCUT2D eigenvalue weighted by Gasteiger charge is 2.47. The van der Waals surface area contributed by atoms with Crippen molar-refractivity contribution in [2.75, 3.05) is 0 Å². The summed E-state index contributed by atoms with van der Waals surface area (Å²) in [7, 11) is 0. The summed E-state index contributed by atoms with van der Waals surface area (Å²) in [4.78, 5) is 0. The normalized spacial score (nSPS) is 13.5. The lowest BCUT2D eigenvalue weighted by Gasteiger charge is -2.18. The van der Waals surface area contributed by atoms with Gasteiger partial charge in [-0.2, -0.15) is 76.3 Å². The van der Waals surface area contributed by atoms with Crippen LogP contribution in [0, 0.1) is 91.0 Å². The second kappa shape index (κ2) is 12.8. The highest BCUT2D eigenvalue weighted by atomic mass is 19.4. The van der Waals surface area contributed by atoms with E-state index >= 15 is 8.78 Å². The molecule has 2 aliphatic carbocycles. The molecular weight excluding hydrogens is 739 g/mol. The molecule has 0 saturated heterocycles. The molecule has 0 aromatic heterocycles. The van der Waals surface area contributed by atoms with Crippen molar-refractivity contribution in [2.24, 2.45) is 0 Å². The van der Waals surface area contributed by atoms with Crippen molar-refractivity contribution in [2.45, 2.75) is 18.5 Å². The maximum Gasteiger partial charge on any atom is 0.417 e. The Hall–Kier alpha value is -7.72. The molecule has 0 amide bonds. The van der Waals surface area contributed by atoms with E-state index in [1.807, 2.05) is 0 Å². The van der Waals surface area contributed by atoms with Gasteiger partial charge in [-0.3, -0.25) is 0 Å². The summed E-state index contributed by atoms with van der Waals surface area (Å²) in [5.41, 5.74) is -22.1. The first kappa shape index (κ1) is 37.5. The van der Waals surface area contributed by atoms with Gasteiger partial charge >= 0.3 is 18.5 Å². The molecule has 0 aliphatic heterocycles. The molecule has 54 heavy (non-hydrogen) atoms. The van der Waals surface area contributed by atoms with Gasteiger partial charge in [0.2, 0.25) is 0 Å². The van der Waals surface area contributed by atoms with Gasteiger partial charge in [0.25, 0.3) is 0 Å². The molecule has 0 fully saturated rings. The van der Waals surface area contributed by atoms with Crippen LogP contribution in [0.25, 0.3) is 33.4 Å². The Morgan fingerprint density at radius 1 is 0.444 bits per heavy atom. The van der Waals surface area contributed by atoms with Crippen LogP contribution in [-0.2, 0) is 18.5 Å². The predicted octanol–water partition coefficient (Wildman–Crippen LogP) is 9.39. The van der Waals surface area contributed by atoms with Crippen molar-refractivity contribution in [3.8, 4) is 42.5 Å². The smallest absolute Gasteiger partial charge is 0.206 e. The number of nitrogens with zero attached hydrogens (tertiary/aromatic N) is 7. The number of fused-ring (bicyclic) bond motifs is 2. The Morgan fingerprint density at radius 3 is 1.15 bits per heavy atom. The molecule has 18 heteroatoms. The SMILES string of the molecule is N#CC(C#N)=C1C(c2ccc(C#N)c(C(F)(F)F)c2)=C(C#N)c2c(F)c3c(c(F)c21)C(C#N)=C(c1ccc(C(F)(F)F)c(C(F)(F)F)c1)C3=C(C#N)C#N. The third-order valence-corrected chi connectivity index (χ3v) is 8.20. The Labute approximate surface area is 294 Å². The van der Waals surface area contributed by atoms with Crippen LogP contribution in [0.2, 0.25) is 0 Å². The summed E-state index contributed by atoms with van der Waals surface area (Å²) in [6.45, 7) is 0. The van der Waals surface area contributed by atoms with Crippen LogP contribution < -0.4 is 0 Å². The van der Waals surface area contributed by atoms with E-state index in [9.17, 15) is 76.3 Å². The monoisotopic (exact) mass is 745 g/mol. The van der Waals surface area contributed by atoms with Crippen LogP contribution in [0.15, 0.2) is 47.5 Å². The zero-order valence-electron chi connectivity index (χ0n) is 25.8. The van der Waals surface area contributed by atoms with Crippen molar-refractivity contribution in [1.82, 2.24) is 0 Å². The lowest BCUT2D eigenvalue weighted by Crippen LogP contribution is -2.16. The minimum atomic E-state index is -5.72. The van der Waals surface area contributed by atoms with Crippen LogP contribution in [0.4, 0.5) is 48.3 Å². The van der Waals surface area contributed by atoms with Crippen molar-refractivity contribution in [1.29, 1.82) is 36.8 Å². The van der Waals surface area contributed by atoms with E-state index in [0.29, 0.717) is 18.2 Å². The molecule has 3 aromatic rings. The third kappa shape index (κ3) is 5.55. The first-order valence-corrected chi connectivity index (χ1v) is 14.1. The summed E-state index contributed by atoms with van der Waals surface area (Å²) < 4.78 is 159. The van der Waals surface area contributed by atoms with E-state index in [0.717, 1.165) is 6.07 Å². The summed E-state index contributed by atoms with van der Waals surface area (Å²) in [6, 6.07) is 11.3. The van der Waals surface area contributed by atoms with Crippen LogP contribution in [-0.4, -0.2) is 0 Å². The number of benzene rings is 3. The number of alkyl halides is 9. The van der Waals surface area contributed by atoms with Gasteiger partial charge < -0.3 is 0 Å². The van der Waals surface area contributed by atoms with E-state index < -0.39 is 130 Å². The van der Waals surface area contributed by atoms with E-state index in [1.54, 1.807) is 0 Å². The van der Waals surface area contributed by atoms with Crippen molar-refractivity contribution < 1.29 is 48.3 Å². The molecule has 262 valence electrons. The number of rotatable bonds is 2. The van der Waals surface area contributed by atoms with Crippen LogP contribution in [0.5, 0.6) is 0 Å². The first-order valence-electron chi connectivity index (χ1n) is 14.1. The van der Waals surface area contributed by atoms with Crippen molar-refractivity contribution in [3.63, 3.8) is 0 Å². The maximum absolute atomic E-state index is 17.1. The van der Waals surface area contributed by atoms with Gasteiger partial charge in [0, 0.05) is 44.5 Å². The Balaban J connectivity index is 2.01. The third-order valence-electron chi connectivity index (χ3n) is 8.20. The Morgan fingerprint density at radius 2 is 0.815 bits per heavy atom. The fourth-order valence-electron chi connectivity index (χ4n) is 6.17. The van der Waals surface area contributed by atoms with Gasteiger partial charge in [0.05, 0.1) is 39.5 Å². The van der Waals surface area contributed by atoms with E-state index in [2.05, 4.69) is 0 Å². The molecule has 2 aliphatic rings. The van der Waals surface area contributed by atoms with Gasteiger partial charge in [0.1, 0.15) is 59.2 Å². The zero-order chi connectivity index (χ0) is 40.2. The molecule has 0 spiro atoms. The molecule has 0 atom stereocenters. The summed E-state index contributed by atoms with van der Waals surface area (Å²) in [6.07, 6.45) is -16.5. The number of hydrogen-bond acceptors (Lipinski definition) is 7. The van der Waals surface area contributed by atoms with E-state index in [-0.39, 0.29) is 12.1 Å². The summed E-state index contributed by atoms with van der Waals surface area (Å²) in [5, 5.41) is 68.9. The van der Waals surface area contributed by atoms with Crippen LogP contribution in [0.1, 0.15) is 55.6 Å². The fraction of sp³-hybridized carbons (Fsp3) is 0.0833. The topological polar surface area (TPSA) is 167 Å². The maximum atomic E-state index is 17.1. The minimum Gasteiger partial charge on any atom is -0.206 e. The van der Waals surface area contributed by atoms with Gasteiger partial charge in [-0.15, -0.1) is 0 Å². The number of halogens is 11. The molecule has 0 bridgehead atoms. The van der Waals surface area contributed by atoms with E-state index in [1.165, 1.54) is 42.5 Å². The summed E-state index contributed by atoms with van der Waals surface area (Å²) >= 11 is 0. The van der Waals surface area contributed by atoms with Crippen LogP contribution in [0.3, 0.4) is 0 Å². The number of allylic oxidation sites excluding steroid dienone is 8. The zero-order valence-corrected chi connectivity index (χ0v) is 25.8. The Kier molecular flexibility index (Phi) is 8.90. The van der Waals surface area contributed by atoms with Gasteiger partial charge in [-0.05, 0) is 35.4 Å². The standard InChI is InChI=1S/C36H6F11N7/c37-32-28-19(12-53)24(14-1-2-16(7-48)22(5-14)35(42,43)44)26(17(8-49)9-50)30(28)33(38)29-20(13-54)25(27(31(29)32)18(10-51)11-52)15-3-4-21(34(39,40)41)23(6-15)36(45,46)47/h1-6H. The van der Waals surface area contributed by atoms with Gasteiger partial charge in [-0.25, -0.2) is 8.78 Å². The van der Waals surface area contributed by atoms with Gasteiger partial charge in [-0.1, -0.05) is 12.1 Å². The molecule has 0 N–H and O–H groups in total. The highest BCUT2D eigenvalue weighted by Crippen LogP contribution is 2.58. The molecule has 0 radical (unpaired) electrons. The van der Waals surface area contributed by atoms with Crippen molar-refractivity contribution >= 4 is 33.4 Å². The fourth-order valence-corrected chi connectivity index (χ4v) is 6.17. The Bertz CT molecular complexity index is 2680. The molecule has 3 aromatic carbocycles. The lowest BCUT2D eigenvalue weighted by molar-refractivity contribution is -0.162. The molecule has 5 rings (SSSR count). The molecule has 0 heterocycles. The number of hydrogen-bond donors (Lipinski definition) is 0.